The van der Waals surface area contributed by atoms with Crippen LogP contribution >= 0.6 is 23.2 Å². The lowest BCUT2D eigenvalue weighted by molar-refractivity contribution is 0.0546. The molecule has 0 unspecified atom stereocenters. The zero-order valence-electron chi connectivity index (χ0n) is 19.0. The first-order chi connectivity index (χ1) is 15.6. The monoisotopic (exact) mass is 483 g/mol. The Kier molecular flexibility index (Phi) is 6.76. The Labute approximate surface area is 204 Å². The zero-order chi connectivity index (χ0) is 23.8. The van der Waals surface area contributed by atoms with Gasteiger partial charge in [-0.25, -0.2) is 0 Å². The van der Waals surface area contributed by atoms with Crippen LogP contribution in [0.2, 0.25) is 10.0 Å². The Balaban J connectivity index is 1.66. The van der Waals surface area contributed by atoms with Crippen LogP contribution in [-0.2, 0) is 5.41 Å². The summed E-state index contributed by atoms with van der Waals surface area (Å²) in [5, 5.41) is 10.5. The summed E-state index contributed by atoms with van der Waals surface area (Å²) in [6.07, 6.45) is 6.14. The Morgan fingerprint density at radius 3 is 2.27 bits per heavy atom. The van der Waals surface area contributed by atoms with Gasteiger partial charge in [0.15, 0.2) is 0 Å². The lowest BCUT2D eigenvalue weighted by Gasteiger charge is -2.29. The van der Waals surface area contributed by atoms with E-state index in [0.29, 0.717) is 47.1 Å². The van der Waals surface area contributed by atoms with Gasteiger partial charge in [-0.1, -0.05) is 44.0 Å². The first kappa shape index (κ1) is 23.7. The number of aliphatic hydroxyl groups excluding tert-OH is 1. The number of likely N-dealkylation sites (tertiary alicyclic amines) is 1. The van der Waals surface area contributed by atoms with Gasteiger partial charge in [0.05, 0.1) is 16.1 Å². The molecule has 7 heteroatoms. The van der Waals surface area contributed by atoms with E-state index in [4.69, 9.17) is 23.2 Å². The average molecular weight is 484 g/mol. The van der Waals surface area contributed by atoms with Gasteiger partial charge in [0.2, 0.25) is 0 Å². The molecule has 1 N–H and O–H groups in total. The van der Waals surface area contributed by atoms with E-state index in [0.717, 1.165) is 22.4 Å². The topological polar surface area (TPSA) is 66.3 Å². The summed E-state index contributed by atoms with van der Waals surface area (Å²) >= 11 is 13.3. The molecule has 3 aromatic rings. The molecular formula is C26H27Cl2N3O2. The number of pyridine rings is 2. The Morgan fingerprint density at radius 2 is 1.64 bits per heavy atom. The van der Waals surface area contributed by atoms with Crippen molar-refractivity contribution in [2.24, 2.45) is 0 Å². The maximum absolute atomic E-state index is 12.9. The van der Waals surface area contributed by atoms with Crippen molar-refractivity contribution < 1.29 is 9.90 Å². The molecule has 172 valence electrons. The molecule has 1 aliphatic rings. The molecule has 1 amide bonds. The van der Waals surface area contributed by atoms with Gasteiger partial charge in [0.1, 0.15) is 0 Å². The number of carbonyl (C=O) groups excluding carboxylic acids is 1. The summed E-state index contributed by atoms with van der Waals surface area (Å²) in [4.78, 5) is 23.6. The van der Waals surface area contributed by atoms with Crippen LogP contribution in [0.1, 0.15) is 49.7 Å². The molecule has 1 fully saturated rings. The fourth-order valence-electron chi connectivity index (χ4n) is 3.98. The van der Waals surface area contributed by atoms with Crippen LogP contribution in [0.15, 0.2) is 48.9 Å². The van der Waals surface area contributed by atoms with E-state index >= 15 is 0 Å². The van der Waals surface area contributed by atoms with E-state index < -0.39 is 0 Å². The highest BCUT2D eigenvalue weighted by Gasteiger charge is 2.24. The van der Waals surface area contributed by atoms with Crippen LogP contribution in [0.5, 0.6) is 0 Å². The normalized spacial score (nSPS) is 15.0. The minimum Gasteiger partial charge on any atom is -0.393 e. The largest absolute Gasteiger partial charge is 0.393 e. The molecule has 3 heterocycles. The van der Waals surface area contributed by atoms with Crippen molar-refractivity contribution in [3.8, 4) is 22.3 Å². The maximum atomic E-state index is 12.9. The Hall–Kier alpha value is -2.47. The fraction of sp³-hybridized carbons (Fsp3) is 0.346. The number of carbonyl (C=O) groups is 1. The van der Waals surface area contributed by atoms with Crippen molar-refractivity contribution in [2.45, 2.75) is 45.1 Å². The fourth-order valence-corrected chi connectivity index (χ4v) is 4.68. The molecule has 1 aliphatic heterocycles. The van der Waals surface area contributed by atoms with E-state index in [-0.39, 0.29) is 17.4 Å². The highest BCUT2D eigenvalue weighted by Crippen LogP contribution is 2.37. The second kappa shape index (κ2) is 9.41. The third kappa shape index (κ3) is 5.21. The average Bonchev–Trinajstić information content (AvgIpc) is 2.78. The van der Waals surface area contributed by atoms with Crippen molar-refractivity contribution in [2.75, 3.05) is 13.1 Å². The van der Waals surface area contributed by atoms with Crippen molar-refractivity contribution >= 4 is 29.1 Å². The molecule has 5 nitrogen and oxygen atoms in total. The molecule has 0 aliphatic carbocycles. The molecule has 0 saturated carbocycles. The van der Waals surface area contributed by atoms with Crippen LogP contribution in [-0.4, -0.2) is 45.1 Å². The van der Waals surface area contributed by atoms with Crippen molar-refractivity contribution in [1.82, 2.24) is 14.9 Å². The van der Waals surface area contributed by atoms with Crippen molar-refractivity contribution in [1.29, 1.82) is 0 Å². The van der Waals surface area contributed by atoms with Gasteiger partial charge in [0.25, 0.3) is 5.91 Å². The SMILES string of the molecule is CC(C)(C)c1cc(-c2cncc(-c3c(Cl)cc(C(=O)N4CCC(O)CC4)cc3Cl)c2)ccn1. The van der Waals surface area contributed by atoms with Crippen LogP contribution in [0.3, 0.4) is 0 Å². The second-order valence-electron chi connectivity index (χ2n) is 9.48. The molecule has 4 rings (SSSR count). The number of benzene rings is 1. The van der Waals surface area contributed by atoms with Gasteiger partial charge in [0, 0.05) is 65.0 Å². The lowest BCUT2D eigenvalue weighted by atomic mass is 9.90. The molecule has 0 bridgehead atoms. The number of amides is 1. The molecule has 33 heavy (non-hydrogen) atoms. The number of piperidine rings is 1. The van der Waals surface area contributed by atoms with Crippen LogP contribution in [0.4, 0.5) is 0 Å². The summed E-state index contributed by atoms with van der Waals surface area (Å²) in [6.45, 7) is 7.42. The quantitative estimate of drug-likeness (QED) is 0.494. The van der Waals surface area contributed by atoms with Gasteiger partial charge in [-0.05, 0) is 48.7 Å². The van der Waals surface area contributed by atoms with Crippen molar-refractivity contribution in [3.63, 3.8) is 0 Å². The van der Waals surface area contributed by atoms with E-state index in [9.17, 15) is 9.90 Å². The third-order valence-corrected chi connectivity index (χ3v) is 6.53. The summed E-state index contributed by atoms with van der Waals surface area (Å²) in [7, 11) is 0. The minimum atomic E-state index is -0.344. The number of nitrogens with zero attached hydrogens (tertiary/aromatic N) is 3. The maximum Gasteiger partial charge on any atom is 0.253 e. The highest BCUT2D eigenvalue weighted by molar-refractivity contribution is 6.39. The molecule has 0 spiro atoms. The molecule has 0 radical (unpaired) electrons. The highest BCUT2D eigenvalue weighted by atomic mass is 35.5. The number of hydrogen-bond donors (Lipinski definition) is 1. The summed E-state index contributed by atoms with van der Waals surface area (Å²) in [5.41, 5.74) is 4.73. The second-order valence-corrected chi connectivity index (χ2v) is 10.3. The van der Waals surface area contributed by atoms with Gasteiger partial charge < -0.3 is 10.0 Å². The minimum absolute atomic E-state index is 0.0670. The molecular weight excluding hydrogens is 457 g/mol. The summed E-state index contributed by atoms with van der Waals surface area (Å²) in [5.74, 6) is -0.129. The van der Waals surface area contributed by atoms with Gasteiger partial charge >= 0.3 is 0 Å². The molecule has 1 saturated heterocycles. The summed E-state index contributed by atoms with van der Waals surface area (Å²) in [6, 6.07) is 9.34. The van der Waals surface area contributed by atoms with Gasteiger partial charge in [-0.3, -0.25) is 14.8 Å². The first-order valence-electron chi connectivity index (χ1n) is 11.0. The predicted molar refractivity (Wildman–Crippen MR) is 133 cm³/mol. The molecule has 1 aromatic carbocycles. The lowest BCUT2D eigenvalue weighted by Crippen LogP contribution is -2.40. The van der Waals surface area contributed by atoms with Gasteiger partial charge in [-0.15, -0.1) is 0 Å². The van der Waals surface area contributed by atoms with E-state index in [1.165, 1.54) is 0 Å². The Morgan fingerprint density at radius 1 is 1.00 bits per heavy atom. The van der Waals surface area contributed by atoms with Crippen LogP contribution < -0.4 is 0 Å². The third-order valence-electron chi connectivity index (χ3n) is 5.93. The van der Waals surface area contributed by atoms with E-state index in [1.807, 2.05) is 18.3 Å². The first-order valence-corrected chi connectivity index (χ1v) is 11.8. The zero-order valence-corrected chi connectivity index (χ0v) is 20.5. The number of halogens is 2. The standard InChI is InChI=1S/C26H27Cl2N3O2/c1-26(2,3)23-13-16(4-7-30-23)18-10-19(15-29-14-18)24-21(27)11-17(12-22(24)28)25(33)31-8-5-20(32)6-9-31/h4,7,10-15,20,32H,5-6,8-9H2,1-3H3. The number of hydrogen-bond acceptors (Lipinski definition) is 4. The number of aromatic nitrogens is 2. The van der Waals surface area contributed by atoms with Crippen LogP contribution in [0.25, 0.3) is 22.3 Å². The van der Waals surface area contributed by atoms with Gasteiger partial charge in [-0.2, -0.15) is 0 Å². The van der Waals surface area contributed by atoms with Crippen molar-refractivity contribution in [3.05, 3.63) is 70.2 Å². The Bertz CT molecular complexity index is 1160. The smallest absolute Gasteiger partial charge is 0.253 e. The predicted octanol–water partition coefficient (Wildman–Crippen LogP) is 6.01. The molecule has 2 aromatic heterocycles. The van der Waals surface area contributed by atoms with E-state index in [2.05, 4.69) is 36.8 Å². The number of aliphatic hydroxyl groups is 1. The number of rotatable bonds is 3. The van der Waals surface area contributed by atoms with Crippen LogP contribution in [0, 0.1) is 0 Å². The summed E-state index contributed by atoms with van der Waals surface area (Å²) < 4.78 is 0. The molecule has 0 atom stereocenters. The van der Waals surface area contributed by atoms with E-state index in [1.54, 1.807) is 29.4 Å².